The molecule has 0 spiro atoms. The van der Waals surface area contributed by atoms with Crippen LogP contribution in [0.2, 0.25) is 0 Å². The van der Waals surface area contributed by atoms with Crippen molar-refractivity contribution in [3.8, 4) is 0 Å². The molecule has 1 atom stereocenters. The second kappa shape index (κ2) is 5.93. The van der Waals surface area contributed by atoms with Crippen molar-refractivity contribution in [1.82, 2.24) is 4.90 Å². The molecule has 0 aliphatic carbocycles. The summed E-state index contributed by atoms with van der Waals surface area (Å²) in [5.74, 6) is -0.0523. The number of carbonyl (C=O) groups is 1. The van der Waals surface area contributed by atoms with Gasteiger partial charge in [-0.05, 0) is 18.2 Å². The lowest BCUT2D eigenvalue weighted by atomic mass is 10.2. The van der Waals surface area contributed by atoms with E-state index in [4.69, 9.17) is 10.8 Å². The SMILES string of the molecule is CC(CO)Sc1cc(C(=O)N(C)C)ccc1N. The maximum Gasteiger partial charge on any atom is 0.253 e. The molecule has 94 valence electrons. The molecule has 0 aromatic heterocycles. The number of nitrogen functional groups attached to an aromatic ring is 1. The van der Waals surface area contributed by atoms with E-state index in [2.05, 4.69) is 0 Å². The smallest absolute Gasteiger partial charge is 0.253 e. The maximum atomic E-state index is 11.8. The van der Waals surface area contributed by atoms with Crippen molar-refractivity contribution in [2.75, 3.05) is 26.4 Å². The average Bonchev–Trinajstić information content (AvgIpc) is 2.30. The average molecular weight is 254 g/mol. The third-order valence-corrected chi connectivity index (χ3v) is 3.41. The quantitative estimate of drug-likeness (QED) is 0.630. The number of amides is 1. The lowest BCUT2D eigenvalue weighted by Crippen LogP contribution is -2.21. The highest BCUT2D eigenvalue weighted by Gasteiger charge is 2.12. The van der Waals surface area contributed by atoms with E-state index in [0.29, 0.717) is 11.3 Å². The van der Waals surface area contributed by atoms with Crippen molar-refractivity contribution in [2.45, 2.75) is 17.1 Å². The molecule has 1 aromatic rings. The van der Waals surface area contributed by atoms with E-state index in [1.807, 2.05) is 6.92 Å². The summed E-state index contributed by atoms with van der Waals surface area (Å²) in [6.07, 6.45) is 0. The van der Waals surface area contributed by atoms with Crippen LogP contribution in [0.25, 0.3) is 0 Å². The molecule has 0 aliphatic rings. The zero-order valence-corrected chi connectivity index (χ0v) is 11.1. The minimum atomic E-state index is -0.0523. The second-order valence-electron chi connectivity index (χ2n) is 4.06. The van der Waals surface area contributed by atoms with E-state index in [9.17, 15) is 4.79 Å². The number of anilines is 1. The van der Waals surface area contributed by atoms with Gasteiger partial charge in [0.25, 0.3) is 5.91 Å². The molecule has 0 saturated heterocycles. The zero-order valence-electron chi connectivity index (χ0n) is 10.3. The van der Waals surface area contributed by atoms with Crippen molar-refractivity contribution >= 4 is 23.4 Å². The Kier molecular flexibility index (Phi) is 4.84. The van der Waals surface area contributed by atoms with Crippen LogP contribution < -0.4 is 5.73 Å². The normalized spacial score (nSPS) is 12.2. The minimum Gasteiger partial charge on any atom is -0.398 e. The summed E-state index contributed by atoms with van der Waals surface area (Å²) >= 11 is 1.47. The van der Waals surface area contributed by atoms with E-state index in [1.54, 1.807) is 32.3 Å². The highest BCUT2D eigenvalue weighted by Crippen LogP contribution is 2.29. The largest absolute Gasteiger partial charge is 0.398 e. The molecule has 5 heteroatoms. The fraction of sp³-hybridized carbons (Fsp3) is 0.417. The van der Waals surface area contributed by atoms with Crippen molar-refractivity contribution in [3.63, 3.8) is 0 Å². The standard InChI is InChI=1S/C12H18N2O2S/c1-8(7-15)17-11-6-9(4-5-10(11)13)12(16)14(2)3/h4-6,8,15H,7,13H2,1-3H3. The molecule has 0 saturated carbocycles. The maximum absolute atomic E-state index is 11.8. The number of nitrogens with two attached hydrogens (primary N) is 1. The zero-order chi connectivity index (χ0) is 13.0. The van der Waals surface area contributed by atoms with E-state index < -0.39 is 0 Å². The van der Waals surface area contributed by atoms with Crippen molar-refractivity contribution in [2.24, 2.45) is 0 Å². The van der Waals surface area contributed by atoms with E-state index in [-0.39, 0.29) is 17.8 Å². The molecule has 1 unspecified atom stereocenters. The van der Waals surface area contributed by atoms with Gasteiger partial charge < -0.3 is 15.7 Å². The molecule has 0 bridgehead atoms. The van der Waals surface area contributed by atoms with Gasteiger partial charge in [-0.1, -0.05) is 6.92 Å². The summed E-state index contributed by atoms with van der Waals surface area (Å²) in [4.78, 5) is 14.1. The molecule has 0 heterocycles. The molecule has 1 amide bonds. The number of thioether (sulfide) groups is 1. The monoisotopic (exact) mass is 254 g/mol. The molecular weight excluding hydrogens is 236 g/mol. The fourth-order valence-corrected chi connectivity index (χ4v) is 2.19. The Balaban J connectivity index is 2.98. The summed E-state index contributed by atoms with van der Waals surface area (Å²) < 4.78 is 0. The lowest BCUT2D eigenvalue weighted by Gasteiger charge is -2.14. The molecule has 4 nitrogen and oxygen atoms in total. The molecule has 0 aliphatic heterocycles. The first-order chi connectivity index (χ1) is 7.95. The third-order valence-electron chi connectivity index (χ3n) is 2.25. The first-order valence-corrected chi connectivity index (χ1v) is 6.22. The molecule has 0 radical (unpaired) electrons. The summed E-state index contributed by atoms with van der Waals surface area (Å²) in [6, 6.07) is 5.21. The van der Waals surface area contributed by atoms with Crippen LogP contribution in [0.3, 0.4) is 0 Å². The molecule has 3 N–H and O–H groups in total. The van der Waals surface area contributed by atoms with Gasteiger partial charge in [0.15, 0.2) is 0 Å². The summed E-state index contributed by atoms with van der Waals surface area (Å²) in [6.45, 7) is 1.99. The van der Waals surface area contributed by atoms with Crippen LogP contribution >= 0.6 is 11.8 Å². The first kappa shape index (κ1) is 13.9. The number of benzene rings is 1. The Morgan fingerprint density at radius 1 is 1.53 bits per heavy atom. The van der Waals surface area contributed by atoms with Gasteiger partial charge in [0.1, 0.15) is 0 Å². The van der Waals surface area contributed by atoms with Crippen molar-refractivity contribution in [1.29, 1.82) is 0 Å². The summed E-state index contributed by atoms with van der Waals surface area (Å²) in [7, 11) is 3.42. The molecule has 1 rings (SSSR count). The van der Waals surface area contributed by atoms with Gasteiger partial charge in [-0.25, -0.2) is 0 Å². The van der Waals surface area contributed by atoms with Crippen LogP contribution in [0.5, 0.6) is 0 Å². The van der Waals surface area contributed by atoms with E-state index >= 15 is 0 Å². The van der Waals surface area contributed by atoms with Gasteiger partial charge in [0.2, 0.25) is 0 Å². The van der Waals surface area contributed by atoms with Gasteiger partial charge in [0.05, 0.1) is 6.61 Å². The van der Waals surface area contributed by atoms with Gasteiger partial charge in [0, 0.05) is 35.5 Å². The highest BCUT2D eigenvalue weighted by molar-refractivity contribution is 8.00. The Labute approximate surface area is 106 Å². The van der Waals surface area contributed by atoms with Crippen LogP contribution in [0.4, 0.5) is 5.69 Å². The van der Waals surface area contributed by atoms with Gasteiger partial charge in [-0.3, -0.25) is 4.79 Å². The first-order valence-electron chi connectivity index (χ1n) is 5.34. The Bertz CT molecular complexity index is 407. The minimum absolute atomic E-state index is 0.0523. The second-order valence-corrected chi connectivity index (χ2v) is 5.54. The van der Waals surface area contributed by atoms with E-state index in [1.165, 1.54) is 16.7 Å². The lowest BCUT2D eigenvalue weighted by molar-refractivity contribution is 0.0827. The predicted molar refractivity (Wildman–Crippen MR) is 71.3 cm³/mol. The summed E-state index contributed by atoms with van der Waals surface area (Å²) in [5, 5.41) is 9.07. The van der Waals surface area contributed by atoms with Gasteiger partial charge >= 0.3 is 0 Å². The number of hydrogen-bond acceptors (Lipinski definition) is 4. The van der Waals surface area contributed by atoms with Crippen LogP contribution in [0, 0.1) is 0 Å². The summed E-state index contributed by atoms with van der Waals surface area (Å²) in [5.41, 5.74) is 7.08. The van der Waals surface area contributed by atoms with Gasteiger partial charge in [-0.2, -0.15) is 0 Å². The number of carbonyl (C=O) groups excluding carboxylic acids is 1. The van der Waals surface area contributed by atoms with Crippen LogP contribution in [-0.2, 0) is 0 Å². The molecule has 17 heavy (non-hydrogen) atoms. The van der Waals surface area contributed by atoms with Gasteiger partial charge in [-0.15, -0.1) is 11.8 Å². The highest BCUT2D eigenvalue weighted by atomic mass is 32.2. The predicted octanol–water partition coefficient (Wildman–Crippen LogP) is 1.44. The van der Waals surface area contributed by atoms with Crippen molar-refractivity contribution < 1.29 is 9.90 Å². The molecule has 1 aromatic carbocycles. The number of rotatable bonds is 4. The fourth-order valence-electron chi connectivity index (χ4n) is 1.28. The molecular formula is C12H18N2O2S. The topological polar surface area (TPSA) is 66.6 Å². The number of aliphatic hydroxyl groups is 1. The third kappa shape index (κ3) is 3.64. The number of hydrogen-bond donors (Lipinski definition) is 2. The number of aliphatic hydroxyl groups excluding tert-OH is 1. The van der Waals surface area contributed by atoms with Crippen LogP contribution in [0.15, 0.2) is 23.1 Å². The van der Waals surface area contributed by atoms with Crippen molar-refractivity contribution in [3.05, 3.63) is 23.8 Å². The Morgan fingerprint density at radius 3 is 2.71 bits per heavy atom. The van der Waals surface area contributed by atoms with Crippen LogP contribution in [0.1, 0.15) is 17.3 Å². The van der Waals surface area contributed by atoms with Crippen LogP contribution in [-0.4, -0.2) is 41.9 Å². The Morgan fingerprint density at radius 2 is 2.18 bits per heavy atom. The number of nitrogens with zero attached hydrogens (tertiary/aromatic N) is 1. The molecule has 0 fully saturated rings. The Hall–Kier alpha value is -1.20. The van der Waals surface area contributed by atoms with E-state index in [0.717, 1.165) is 4.90 Å².